The van der Waals surface area contributed by atoms with Crippen LogP contribution in [-0.2, 0) is 4.74 Å². The standard InChI is InChI=1S/C29H31N5O3/c1-5-37-29(35)24-18-30-27(21-9-11-22(36-4)12-10-21)32-28(24)34-15-13-33(14-16-34)25-17-20(3)23-8-6-7-19(2)26(23)31-25/h6-12,17-18H,5,13-16H2,1-4H3. The monoisotopic (exact) mass is 497 g/mol. The number of piperazine rings is 1. The van der Waals surface area contributed by atoms with Gasteiger partial charge in [-0.3, -0.25) is 0 Å². The Morgan fingerprint density at radius 3 is 2.38 bits per heavy atom. The molecular formula is C29H31N5O3. The highest BCUT2D eigenvalue weighted by atomic mass is 16.5. The van der Waals surface area contributed by atoms with Crippen molar-refractivity contribution < 1.29 is 14.3 Å². The predicted molar refractivity (Wildman–Crippen MR) is 146 cm³/mol. The Hall–Kier alpha value is -4.20. The molecule has 1 saturated heterocycles. The van der Waals surface area contributed by atoms with Gasteiger partial charge < -0.3 is 19.3 Å². The summed E-state index contributed by atoms with van der Waals surface area (Å²) in [5.41, 5.74) is 4.66. The van der Waals surface area contributed by atoms with E-state index in [1.807, 2.05) is 24.3 Å². The number of carbonyl (C=O) groups excluding carboxylic acids is 1. The SMILES string of the molecule is CCOC(=O)c1cnc(-c2ccc(OC)cc2)nc1N1CCN(c2cc(C)c3cccc(C)c3n2)CC1. The Morgan fingerprint density at radius 2 is 1.68 bits per heavy atom. The highest BCUT2D eigenvalue weighted by molar-refractivity contribution is 5.95. The van der Waals surface area contributed by atoms with Crippen LogP contribution in [-0.4, -0.2) is 60.8 Å². The Morgan fingerprint density at radius 1 is 0.946 bits per heavy atom. The molecule has 3 heterocycles. The van der Waals surface area contributed by atoms with Gasteiger partial charge in [0.1, 0.15) is 22.9 Å². The zero-order valence-corrected chi connectivity index (χ0v) is 21.7. The molecule has 0 aliphatic carbocycles. The summed E-state index contributed by atoms with van der Waals surface area (Å²) in [6.07, 6.45) is 1.57. The van der Waals surface area contributed by atoms with Crippen LogP contribution >= 0.6 is 0 Å². The summed E-state index contributed by atoms with van der Waals surface area (Å²) in [6.45, 7) is 9.22. The fourth-order valence-electron chi connectivity index (χ4n) is 4.70. The number of benzene rings is 2. The maximum atomic E-state index is 12.8. The van der Waals surface area contributed by atoms with Gasteiger partial charge in [-0.2, -0.15) is 0 Å². The van der Waals surface area contributed by atoms with Crippen LogP contribution in [0.5, 0.6) is 5.75 Å². The first kappa shape index (κ1) is 24.5. The smallest absolute Gasteiger partial charge is 0.343 e. The number of nitrogens with zero attached hydrogens (tertiary/aromatic N) is 5. The molecule has 0 N–H and O–H groups in total. The van der Waals surface area contributed by atoms with Crippen LogP contribution < -0.4 is 14.5 Å². The molecule has 37 heavy (non-hydrogen) atoms. The van der Waals surface area contributed by atoms with Gasteiger partial charge in [0.15, 0.2) is 5.82 Å². The number of ether oxygens (including phenoxy) is 2. The van der Waals surface area contributed by atoms with E-state index in [0.29, 0.717) is 36.9 Å². The normalized spacial score (nSPS) is 13.6. The lowest BCUT2D eigenvalue weighted by atomic mass is 10.1. The number of carbonyl (C=O) groups is 1. The number of methoxy groups -OCH3 is 1. The molecule has 0 radical (unpaired) electrons. The molecule has 8 heteroatoms. The molecule has 0 spiro atoms. The van der Waals surface area contributed by atoms with Crippen molar-refractivity contribution in [3.8, 4) is 17.1 Å². The number of hydrogen-bond acceptors (Lipinski definition) is 8. The summed E-state index contributed by atoms with van der Waals surface area (Å²) in [5, 5.41) is 1.19. The maximum Gasteiger partial charge on any atom is 0.343 e. The van der Waals surface area contributed by atoms with E-state index in [0.717, 1.165) is 35.7 Å². The fraction of sp³-hybridized carbons (Fsp3) is 0.310. The van der Waals surface area contributed by atoms with E-state index in [-0.39, 0.29) is 0 Å². The summed E-state index contributed by atoms with van der Waals surface area (Å²) in [4.78, 5) is 31.5. The van der Waals surface area contributed by atoms with Crippen molar-refractivity contribution in [2.45, 2.75) is 20.8 Å². The Balaban J connectivity index is 1.42. The molecule has 4 aromatic rings. The van der Waals surface area contributed by atoms with Crippen LogP contribution in [0, 0.1) is 13.8 Å². The van der Waals surface area contributed by atoms with E-state index in [1.54, 1.807) is 20.2 Å². The van der Waals surface area contributed by atoms with Crippen molar-refractivity contribution in [1.82, 2.24) is 15.0 Å². The molecule has 190 valence electrons. The topological polar surface area (TPSA) is 80.7 Å². The highest BCUT2D eigenvalue weighted by Gasteiger charge is 2.26. The lowest BCUT2D eigenvalue weighted by Gasteiger charge is -2.37. The van der Waals surface area contributed by atoms with Gasteiger partial charge in [-0.1, -0.05) is 18.2 Å². The molecule has 1 aliphatic heterocycles. The van der Waals surface area contributed by atoms with Crippen molar-refractivity contribution in [2.75, 3.05) is 49.7 Å². The fourth-order valence-corrected chi connectivity index (χ4v) is 4.70. The number of aromatic nitrogens is 3. The van der Waals surface area contributed by atoms with Gasteiger partial charge in [0.2, 0.25) is 0 Å². The molecule has 2 aromatic carbocycles. The van der Waals surface area contributed by atoms with Crippen LogP contribution in [0.2, 0.25) is 0 Å². The van der Waals surface area contributed by atoms with Crippen LogP contribution in [0.15, 0.2) is 54.7 Å². The van der Waals surface area contributed by atoms with E-state index in [2.05, 4.69) is 52.9 Å². The zero-order valence-electron chi connectivity index (χ0n) is 21.7. The number of aryl methyl sites for hydroxylation is 2. The minimum atomic E-state index is -0.413. The maximum absolute atomic E-state index is 12.8. The second-order valence-electron chi connectivity index (χ2n) is 9.12. The largest absolute Gasteiger partial charge is 0.497 e. The van der Waals surface area contributed by atoms with E-state index in [9.17, 15) is 4.79 Å². The summed E-state index contributed by atoms with van der Waals surface area (Å²) in [6, 6.07) is 16.0. The first-order valence-corrected chi connectivity index (χ1v) is 12.5. The van der Waals surface area contributed by atoms with Crippen LogP contribution in [0.4, 0.5) is 11.6 Å². The molecule has 0 bridgehead atoms. The number of fused-ring (bicyclic) bond motifs is 1. The van der Waals surface area contributed by atoms with Crippen molar-refractivity contribution in [3.63, 3.8) is 0 Å². The average molecular weight is 498 g/mol. The van der Waals surface area contributed by atoms with Gasteiger partial charge in [-0.15, -0.1) is 0 Å². The van der Waals surface area contributed by atoms with Crippen molar-refractivity contribution in [3.05, 3.63) is 71.4 Å². The van der Waals surface area contributed by atoms with E-state index in [1.165, 1.54) is 16.5 Å². The first-order valence-electron chi connectivity index (χ1n) is 12.5. The molecular weight excluding hydrogens is 466 g/mol. The predicted octanol–water partition coefficient (Wildman–Crippen LogP) is 4.82. The van der Waals surface area contributed by atoms with E-state index >= 15 is 0 Å². The molecule has 8 nitrogen and oxygen atoms in total. The van der Waals surface area contributed by atoms with E-state index in [4.69, 9.17) is 19.4 Å². The third-order valence-corrected chi connectivity index (χ3v) is 6.75. The number of esters is 1. The van der Waals surface area contributed by atoms with Gasteiger partial charge in [0.05, 0.1) is 19.2 Å². The summed E-state index contributed by atoms with van der Waals surface area (Å²) >= 11 is 0. The molecule has 0 atom stereocenters. The van der Waals surface area contributed by atoms with Crippen LogP contribution in [0.1, 0.15) is 28.4 Å². The lowest BCUT2D eigenvalue weighted by molar-refractivity contribution is 0.0526. The molecule has 5 rings (SSSR count). The van der Waals surface area contributed by atoms with Gasteiger partial charge in [-0.25, -0.2) is 19.7 Å². The van der Waals surface area contributed by atoms with E-state index < -0.39 is 5.97 Å². The van der Waals surface area contributed by atoms with Crippen molar-refractivity contribution >= 4 is 28.5 Å². The van der Waals surface area contributed by atoms with Gasteiger partial charge in [0.25, 0.3) is 0 Å². The molecule has 0 amide bonds. The second-order valence-corrected chi connectivity index (χ2v) is 9.12. The lowest BCUT2D eigenvalue weighted by Crippen LogP contribution is -2.47. The minimum absolute atomic E-state index is 0.290. The molecule has 0 unspecified atom stereocenters. The third-order valence-electron chi connectivity index (χ3n) is 6.75. The third kappa shape index (κ3) is 4.91. The number of anilines is 2. The highest BCUT2D eigenvalue weighted by Crippen LogP contribution is 2.28. The number of hydrogen-bond donors (Lipinski definition) is 0. The molecule has 0 saturated carbocycles. The van der Waals surface area contributed by atoms with Crippen LogP contribution in [0.3, 0.4) is 0 Å². The van der Waals surface area contributed by atoms with Crippen molar-refractivity contribution in [2.24, 2.45) is 0 Å². The molecule has 1 aliphatic rings. The van der Waals surface area contributed by atoms with Crippen molar-refractivity contribution in [1.29, 1.82) is 0 Å². The summed E-state index contributed by atoms with van der Waals surface area (Å²) in [5.74, 6) is 2.47. The summed E-state index contributed by atoms with van der Waals surface area (Å²) in [7, 11) is 1.63. The number of para-hydroxylation sites is 1. The molecule has 2 aromatic heterocycles. The Labute approximate surface area is 216 Å². The first-order chi connectivity index (χ1) is 18.0. The Bertz CT molecular complexity index is 1430. The number of pyridine rings is 1. The second kappa shape index (κ2) is 10.4. The quantitative estimate of drug-likeness (QED) is 0.351. The minimum Gasteiger partial charge on any atom is -0.497 e. The van der Waals surface area contributed by atoms with Gasteiger partial charge >= 0.3 is 5.97 Å². The Kier molecular flexibility index (Phi) is 6.90. The van der Waals surface area contributed by atoms with Crippen LogP contribution in [0.25, 0.3) is 22.3 Å². The number of rotatable bonds is 6. The zero-order chi connectivity index (χ0) is 25.9. The molecule has 1 fully saturated rings. The van der Waals surface area contributed by atoms with Gasteiger partial charge in [-0.05, 0) is 62.2 Å². The average Bonchev–Trinajstić information content (AvgIpc) is 2.93. The van der Waals surface area contributed by atoms with Gasteiger partial charge in [0, 0.05) is 43.3 Å². The summed E-state index contributed by atoms with van der Waals surface area (Å²) < 4.78 is 10.6.